The van der Waals surface area contributed by atoms with Crippen LogP contribution in [0.4, 0.5) is 4.39 Å². The molecule has 0 heterocycles. The van der Waals surface area contributed by atoms with Crippen molar-refractivity contribution in [3.05, 3.63) is 53.8 Å². The molecule has 2 rings (SSSR count). The van der Waals surface area contributed by atoms with E-state index in [2.05, 4.69) is 5.32 Å². The summed E-state index contributed by atoms with van der Waals surface area (Å²) in [6, 6.07) is 10.7. The number of ether oxygens (including phenoxy) is 4. The number of benzene rings is 2. The van der Waals surface area contributed by atoms with Gasteiger partial charge in [0.1, 0.15) is 11.6 Å². The van der Waals surface area contributed by atoms with Crippen LogP contribution in [0.3, 0.4) is 0 Å². The van der Waals surface area contributed by atoms with Crippen molar-refractivity contribution in [2.24, 2.45) is 0 Å². The minimum absolute atomic E-state index is 0.331. The number of carbonyl (C=O) groups is 2. The molecule has 2 aromatic carbocycles. The summed E-state index contributed by atoms with van der Waals surface area (Å²) >= 11 is 0. The Hall–Kier alpha value is -3.29. The molecule has 2 aromatic rings. The predicted molar refractivity (Wildman–Crippen MR) is 99.1 cm³/mol. The Morgan fingerprint density at radius 2 is 1.68 bits per heavy atom. The average molecular weight is 391 g/mol. The molecule has 7 nitrogen and oxygen atoms in total. The SMILES string of the molecule is COc1ccc(CCNC(=O)COC(=O)COc2ccc(F)cc2)cc1OC. The number of halogens is 1. The van der Waals surface area contributed by atoms with Crippen LogP contribution in [0.5, 0.6) is 17.2 Å². The summed E-state index contributed by atoms with van der Waals surface area (Å²) in [6.45, 7) is -0.403. The highest BCUT2D eigenvalue weighted by Gasteiger charge is 2.09. The number of esters is 1. The van der Waals surface area contributed by atoms with E-state index in [0.29, 0.717) is 30.2 Å². The molecule has 8 heteroatoms. The third kappa shape index (κ3) is 6.79. The minimum atomic E-state index is -0.695. The maximum absolute atomic E-state index is 12.8. The van der Waals surface area contributed by atoms with Crippen LogP contribution in [0.25, 0.3) is 0 Å². The van der Waals surface area contributed by atoms with E-state index in [1.54, 1.807) is 20.3 Å². The van der Waals surface area contributed by atoms with Crippen LogP contribution in [0.2, 0.25) is 0 Å². The lowest BCUT2D eigenvalue weighted by Crippen LogP contribution is -2.31. The summed E-state index contributed by atoms with van der Waals surface area (Å²) in [4.78, 5) is 23.3. The largest absolute Gasteiger partial charge is 0.493 e. The molecule has 0 saturated carbocycles. The third-order valence-corrected chi connectivity index (χ3v) is 3.72. The van der Waals surface area contributed by atoms with E-state index < -0.39 is 24.3 Å². The van der Waals surface area contributed by atoms with E-state index in [0.717, 1.165) is 5.56 Å². The Morgan fingerprint density at radius 3 is 2.36 bits per heavy atom. The van der Waals surface area contributed by atoms with E-state index in [1.807, 2.05) is 12.1 Å². The fraction of sp³-hybridized carbons (Fsp3) is 0.300. The summed E-state index contributed by atoms with van der Waals surface area (Å²) in [5.74, 6) is 0.0545. The first-order valence-electron chi connectivity index (χ1n) is 8.53. The summed E-state index contributed by atoms with van der Waals surface area (Å²) < 4.78 is 33.1. The van der Waals surface area contributed by atoms with Gasteiger partial charge in [-0.25, -0.2) is 9.18 Å². The van der Waals surface area contributed by atoms with E-state index in [1.165, 1.54) is 24.3 Å². The highest BCUT2D eigenvalue weighted by molar-refractivity contribution is 5.80. The monoisotopic (exact) mass is 391 g/mol. The van der Waals surface area contributed by atoms with Crippen molar-refractivity contribution in [2.75, 3.05) is 34.0 Å². The van der Waals surface area contributed by atoms with Gasteiger partial charge in [-0.2, -0.15) is 0 Å². The van der Waals surface area contributed by atoms with E-state index in [9.17, 15) is 14.0 Å². The Morgan fingerprint density at radius 1 is 0.964 bits per heavy atom. The Labute approximate surface area is 162 Å². The second-order valence-corrected chi connectivity index (χ2v) is 5.69. The molecule has 0 aliphatic carbocycles. The lowest BCUT2D eigenvalue weighted by molar-refractivity contribution is -0.150. The number of hydrogen-bond acceptors (Lipinski definition) is 6. The van der Waals surface area contributed by atoms with Crippen LogP contribution < -0.4 is 19.5 Å². The van der Waals surface area contributed by atoms with Gasteiger partial charge < -0.3 is 24.3 Å². The zero-order valence-corrected chi connectivity index (χ0v) is 15.7. The van der Waals surface area contributed by atoms with Crippen molar-refractivity contribution in [1.29, 1.82) is 0 Å². The summed E-state index contributed by atoms with van der Waals surface area (Å²) in [6.07, 6.45) is 0.577. The number of hydrogen-bond donors (Lipinski definition) is 1. The van der Waals surface area contributed by atoms with Crippen LogP contribution in [-0.4, -0.2) is 45.9 Å². The molecular weight excluding hydrogens is 369 g/mol. The smallest absolute Gasteiger partial charge is 0.344 e. The van der Waals surface area contributed by atoms with Crippen LogP contribution in [0.15, 0.2) is 42.5 Å². The van der Waals surface area contributed by atoms with Gasteiger partial charge in [0.05, 0.1) is 14.2 Å². The first-order chi connectivity index (χ1) is 13.5. The van der Waals surface area contributed by atoms with Gasteiger partial charge in [-0.15, -0.1) is 0 Å². The summed E-state index contributed by atoms with van der Waals surface area (Å²) in [5.41, 5.74) is 0.961. The van der Waals surface area contributed by atoms with Gasteiger partial charge >= 0.3 is 5.97 Å². The van der Waals surface area contributed by atoms with Crippen LogP contribution >= 0.6 is 0 Å². The minimum Gasteiger partial charge on any atom is -0.493 e. The second kappa shape index (κ2) is 10.8. The van der Waals surface area contributed by atoms with Gasteiger partial charge in [0, 0.05) is 6.54 Å². The van der Waals surface area contributed by atoms with Crippen molar-refractivity contribution in [3.8, 4) is 17.2 Å². The number of carbonyl (C=O) groups excluding carboxylic acids is 2. The molecule has 0 bridgehead atoms. The van der Waals surface area contributed by atoms with Crippen molar-refractivity contribution >= 4 is 11.9 Å². The van der Waals surface area contributed by atoms with Crippen LogP contribution in [0, 0.1) is 5.82 Å². The zero-order chi connectivity index (χ0) is 20.4. The molecule has 0 aliphatic heterocycles. The van der Waals surface area contributed by atoms with E-state index in [4.69, 9.17) is 18.9 Å². The van der Waals surface area contributed by atoms with Gasteiger partial charge in [0.15, 0.2) is 24.7 Å². The fourth-order valence-corrected chi connectivity index (χ4v) is 2.29. The van der Waals surface area contributed by atoms with E-state index in [-0.39, 0.29) is 6.61 Å². The van der Waals surface area contributed by atoms with Crippen molar-refractivity contribution in [2.45, 2.75) is 6.42 Å². The predicted octanol–water partition coefficient (Wildman–Crippen LogP) is 2.12. The highest BCUT2D eigenvalue weighted by Crippen LogP contribution is 2.27. The number of nitrogens with one attached hydrogen (secondary N) is 1. The second-order valence-electron chi connectivity index (χ2n) is 5.69. The highest BCUT2D eigenvalue weighted by atomic mass is 19.1. The molecule has 1 amide bonds. The quantitative estimate of drug-likeness (QED) is 0.625. The number of methoxy groups -OCH3 is 2. The van der Waals surface area contributed by atoms with Gasteiger partial charge in [-0.3, -0.25) is 4.79 Å². The Balaban J connectivity index is 1.65. The molecule has 0 aromatic heterocycles. The maximum Gasteiger partial charge on any atom is 0.344 e. The van der Waals surface area contributed by atoms with Gasteiger partial charge in [-0.05, 0) is 48.4 Å². The zero-order valence-electron chi connectivity index (χ0n) is 15.7. The summed E-state index contributed by atoms with van der Waals surface area (Å²) in [5, 5.41) is 2.66. The van der Waals surface area contributed by atoms with Crippen molar-refractivity contribution < 1.29 is 32.9 Å². The first-order valence-corrected chi connectivity index (χ1v) is 8.53. The van der Waals surface area contributed by atoms with Crippen molar-refractivity contribution in [1.82, 2.24) is 5.32 Å². The number of rotatable bonds is 10. The topological polar surface area (TPSA) is 83.1 Å². The Bertz CT molecular complexity index is 794. The molecule has 0 radical (unpaired) electrons. The molecule has 0 saturated heterocycles. The molecule has 0 unspecified atom stereocenters. The first kappa shape index (κ1) is 21.0. The number of amides is 1. The molecule has 0 spiro atoms. The molecule has 0 atom stereocenters. The van der Waals surface area contributed by atoms with Gasteiger partial charge in [0.2, 0.25) is 0 Å². The van der Waals surface area contributed by atoms with Crippen LogP contribution in [0.1, 0.15) is 5.56 Å². The Kier molecular flexibility index (Phi) is 8.08. The van der Waals surface area contributed by atoms with Gasteiger partial charge in [-0.1, -0.05) is 6.07 Å². The standard InChI is InChI=1S/C20H22FNO6/c1-25-17-8-3-14(11-18(17)26-2)9-10-22-19(23)12-28-20(24)13-27-16-6-4-15(21)5-7-16/h3-8,11H,9-10,12-13H2,1-2H3,(H,22,23). The molecule has 0 fully saturated rings. The van der Waals surface area contributed by atoms with Crippen LogP contribution in [-0.2, 0) is 20.7 Å². The average Bonchev–Trinajstić information content (AvgIpc) is 2.71. The molecule has 28 heavy (non-hydrogen) atoms. The molecule has 1 N–H and O–H groups in total. The fourth-order valence-electron chi connectivity index (χ4n) is 2.29. The van der Waals surface area contributed by atoms with E-state index >= 15 is 0 Å². The maximum atomic E-state index is 12.8. The summed E-state index contributed by atoms with van der Waals surface area (Å²) in [7, 11) is 3.11. The van der Waals surface area contributed by atoms with Crippen molar-refractivity contribution in [3.63, 3.8) is 0 Å². The lowest BCUT2D eigenvalue weighted by atomic mass is 10.1. The molecule has 0 aliphatic rings. The lowest BCUT2D eigenvalue weighted by Gasteiger charge is -2.10. The normalized spacial score (nSPS) is 10.1. The van der Waals surface area contributed by atoms with Gasteiger partial charge in [0.25, 0.3) is 5.91 Å². The third-order valence-electron chi connectivity index (χ3n) is 3.72. The molecule has 150 valence electrons. The molecular formula is C20H22FNO6.